The highest BCUT2D eigenvalue weighted by molar-refractivity contribution is 5.99. The number of ether oxygens (including phenoxy) is 1. The van der Waals surface area contributed by atoms with Gasteiger partial charge in [0.05, 0.1) is 5.69 Å². The molecule has 2 heterocycles. The van der Waals surface area contributed by atoms with E-state index < -0.39 is 0 Å². The first-order valence-corrected chi connectivity index (χ1v) is 5.11. The van der Waals surface area contributed by atoms with Gasteiger partial charge in [-0.25, -0.2) is 0 Å². The number of nitrogen functional groups attached to an aromatic ring is 1. The number of aryl methyl sites for hydroxylation is 1. The van der Waals surface area contributed by atoms with Gasteiger partial charge in [0, 0.05) is 18.3 Å². The lowest BCUT2D eigenvalue weighted by atomic mass is 9.99. The lowest BCUT2D eigenvalue weighted by Crippen LogP contribution is -2.42. The number of anilines is 2. The zero-order valence-electron chi connectivity index (χ0n) is 8.32. The second-order valence-electron chi connectivity index (χ2n) is 3.96. The maximum Gasteiger partial charge on any atom is 0.265 e. The number of amides is 1. The summed E-state index contributed by atoms with van der Waals surface area (Å²) in [5, 5.41) is 0. The predicted molar refractivity (Wildman–Crippen MR) is 57.0 cm³/mol. The summed E-state index contributed by atoms with van der Waals surface area (Å²) in [7, 11) is 0. The van der Waals surface area contributed by atoms with Gasteiger partial charge in [0.2, 0.25) is 0 Å². The van der Waals surface area contributed by atoms with Crippen LogP contribution >= 0.6 is 0 Å². The molecule has 4 nitrogen and oxygen atoms in total. The van der Waals surface area contributed by atoms with Crippen LogP contribution in [0.1, 0.15) is 12.0 Å². The Hall–Kier alpha value is -1.71. The van der Waals surface area contributed by atoms with Crippen LogP contribution in [-0.4, -0.2) is 19.1 Å². The largest absolute Gasteiger partial charge is 0.481 e. The molecule has 0 bridgehead atoms. The smallest absolute Gasteiger partial charge is 0.265 e. The third-order valence-corrected chi connectivity index (χ3v) is 2.93. The third kappa shape index (κ3) is 1.17. The van der Waals surface area contributed by atoms with E-state index in [2.05, 4.69) is 0 Å². The summed E-state index contributed by atoms with van der Waals surface area (Å²) in [5.74, 6) is 0.803. The zero-order valence-corrected chi connectivity index (χ0v) is 8.32. The van der Waals surface area contributed by atoms with Gasteiger partial charge < -0.3 is 15.4 Å². The Kier molecular flexibility index (Phi) is 1.65. The molecule has 0 unspecified atom stereocenters. The Labute approximate surface area is 87.6 Å². The number of carbonyl (C=O) groups excluding carboxylic acids is 1. The van der Waals surface area contributed by atoms with Gasteiger partial charge in [-0.2, -0.15) is 0 Å². The van der Waals surface area contributed by atoms with Gasteiger partial charge in [0.1, 0.15) is 5.75 Å². The Morgan fingerprint density at radius 3 is 3.13 bits per heavy atom. The Bertz CT molecular complexity index is 425. The SMILES string of the molecule is Nc1cc2c3c(c1)OCC(=O)N3CCC2. The van der Waals surface area contributed by atoms with Crippen molar-refractivity contribution in [1.29, 1.82) is 0 Å². The highest BCUT2D eigenvalue weighted by Crippen LogP contribution is 2.40. The zero-order chi connectivity index (χ0) is 10.4. The van der Waals surface area contributed by atoms with E-state index >= 15 is 0 Å². The molecule has 0 atom stereocenters. The van der Waals surface area contributed by atoms with Crippen molar-refractivity contribution in [2.75, 3.05) is 23.8 Å². The minimum absolute atomic E-state index is 0.0493. The van der Waals surface area contributed by atoms with E-state index in [-0.39, 0.29) is 12.5 Å². The molecule has 4 heteroatoms. The second kappa shape index (κ2) is 2.89. The molecule has 3 rings (SSSR count). The Morgan fingerprint density at radius 1 is 1.40 bits per heavy atom. The molecule has 0 radical (unpaired) electrons. The van der Waals surface area contributed by atoms with Crippen molar-refractivity contribution in [3.63, 3.8) is 0 Å². The number of benzene rings is 1. The van der Waals surface area contributed by atoms with Crippen LogP contribution in [0.15, 0.2) is 12.1 Å². The molecule has 2 aliphatic heterocycles. The van der Waals surface area contributed by atoms with Crippen molar-refractivity contribution >= 4 is 17.3 Å². The van der Waals surface area contributed by atoms with Crippen LogP contribution in [-0.2, 0) is 11.2 Å². The van der Waals surface area contributed by atoms with Gasteiger partial charge in [-0.1, -0.05) is 0 Å². The molecule has 0 saturated heterocycles. The minimum atomic E-state index is 0.0493. The van der Waals surface area contributed by atoms with Gasteiger partial charge in [0.15, 0.2) is 6.61 Å². The number of carbonyl (C=O) groups is 1. The minimum Gasteiger partial charge on any atom is -0.481 e. The summed E-state index contributed by atoms with van der Waals surface area (Å²) in [6.07, 6.45) is 1.97. The quantitative estimate of drug-likeness (QED) is 0.640. The van der Waals surface area contributed by atoms with Crippen LogP contribution in [0, 0.1) is 0 Å². The summed E-state index contributed by atoms with van der Waals surface area (Å²) in [4.78, 5) is 13.4. The molecule has 15 heavy (non-hydrogen) atoms. The third-order valence-electron chi connectivity index (χ3n) is 2.93. The molecule has 1 aromatic carbocycles. The average molecular weight is 204 g/mol. The van der Waals surface area contributed by atoms with Gasteiger partial charge in [-0.3, -0.25) is 4.79 Å². The predicted octanol–water partition coefficient (Wildman–Crippen LogP) is 0.940. The molecule has 0 spiro atoms. The molecule has 0 saturated carbocycles. The fraction of sp³-hybridized carbons (Fsp3) is 0.364. The molecule has 1 aromatic rings. The van der Waals surface area contributed by atoms with E-state index in [9.17, 15) is 4.79 Å². The number of hydrogen-bond donors (Lipinski definition) is 1. The summed E-state index contributed by atoms with van der Waals surface area (Å²) in [6, 6.07) is 3.73. The standard InChI is InChI=1S/C11H12N2O2/c12-8-4-7-2-1-3-13-10(14)6-15-9(5-8)11(7)13/h4-5H,1-3,6,12H2. The summed E-state index contributed by atoms with van der Waals surface area (Å²) in [6.45, 7) is 0.933. The molecule has 2 aliphatic rings. The molecule has 0 fully saturated rings. The molecule has 78 valence electrons. The molecule has 0 aromatic heterocycles. The van der Waals surface area contributed by atoms with Crippen LogP contribution in [0.3, 0.4) is 0 Å². The summed E-state index contributed by atoms with van der Waals surface area (Å²) < 4.78 is 5.39. The summed E-state index contributed by atoms with van der Waals surface area (Å²) >= 11 is 0. The van der Waals surface area contributed by atoms with Crippen LogP contribution in [0.2, 0.25) is 0 Å². The van der Waals surface area contributed by atoms with Crippen molar-refractivity contribution in [2.45, 2.75) is 12.8 Å². The van der Waals surface area contributed by atoms with Crippen molar-refractivity contribution in [2.24, 2.45) is 0 Å². The van der Waals surface area contributed by atoms with Crippen LogP contribution in [0.25, 0.3) is 0 Å². The van der Waals surface area contributed by atoms with Gasteiger partial charge in [0.25, 0.3) is 5.91 Å². The van der Waals surface area contributed by atoms with Crippen LogP contribution < -0.4 is 15.4 Å². The first kappa shape index (κ1) is 8.59. The number of nitrogens with two attached hydrogens (primary N) is 1. The van der Waals surface area contributed by atoms with Crippen molar-refractivity contribution in [1.82, 2.24) is 0 Å². The van der Waals surface area contributed by atoms with Crippen LogP contribution in [0.4, 0.5) is 11.4 Å². The maximum absolute atomic E-state index is 11.6. The molecule has 2 N–H and O–H groups in total. The normalized spacial score (nSPS) is 18.4. The second-order valence-corrected chi connectivity index (χ2v) is 3.96. The van der Waals surface area contributed by atoms with E-state index in [1.165, 1.54) is 0 Å². The Balaban J connectivity index is 2.22. The van der Waals surface area contributed by atoms with Gasteiger partial charge >= 0.3 is 0 Å². The van der Waals surface area contributed by atoms with E-state index in [0.717, 1.165) is 36.4 Å². The molecule has 0 aliphatic carbocycles. The number of rotatable bonds is 0. The number of hydrogen-bond acceptors (Lipinski definition) is 3. The van der Waals surface area contributed by atoms with Crippen molar-refractivity contribution < 1.29 is 9.53 Å². The topological polar surface area (TPSA) is 55.6 Å². The number of nitrogens with zero attached hydrogens (tertiary/aromatic N) is 1. The van der Waals surface area contributed by atoms with Crippen molar-refractivity contribution in [3.8, 4) is 5.75 Å². The fourth-order valence-electron chi connectivity index (χ4n) is 2.30. The van der Waals surface area contributed by atoms with Gasteiger partial charge in [-0.05, 0) is 24.5 Å². The molecular formula is C11H12N2O2. The Morgan fingerprint density at radius 2 is 2.27 bits per heavy atom. The molecular weight excluding hydrogens is 192 g/mol. The van der Waals surface area contributed by atoms with Gasteiger partial charge in [-0.15, -0.1) is 0 Å². The van der Waals surface area contributed by atoms with E-state index in [4.69, 9.17) is 10.5 Å². The van der Waals surface area contributed by atoms with E-state index in [1.807, 2.05) is 11.0 Å². The summed E-state index contributed by atoms with van der Waals surface area (Å²) in [5.41, 5.74) is 8.55. The van der Waals surface area contributed by atoms with E-state index in [1.54, 1.807) is 6.07 Å². The monoisotopic (exact) mass is 204 g/mol. The highest BCUT2D eigenvalue weighted by atomic mass is 16.5. The lowest BCUT2D eigenvalue weighted by Gasteiger charge is -2.34. The first-order valence-electron chi connectivity index (χ1n) is 5.11. The van der Waals surface area contributed by atoms with Crippen LogP contribution in [0.5, 0.6) is 5.75 Å². The fourth-order valence-corrected chi connectivity index (χ4v) is 2.30. The van der Waals surface area contributed by atoms with E-state index in [0.29, 0.717) is 5.69 Å². The molecule has 1 amide bonds. The maximum atomic E-state index is 11.6. The lowest BCUT2D eigenvalue weighted by molar-refractivity contribution is -0.121. The van der Waals surface area contributed by atoms with Crippen molar-refractivity contribution in [3.05, 3.63) is 17.7 Å². The average Bonchev–Trinajstić information content (AvgIpc) is 2.23. The first-order chi connectivity index (χ1) is 7.25. The highest BCUT2D eigenvalue weighted by Gasteiger charge is 2.30.